The molecule has 0 fully saturated rings. The fourth-order valence-electron chi connectivity index (χ4n) is 2.81. The summed E-state index contributed by atoms with van der Waals surface area (Å²) in [5.41, 5.74) is -0.246. The van der Waals surface area contributed by atoms with Gasteiger partial charge in [0, 0.05) is 21.9 Å². The minimum absolute atomic E-state index is 0.0944. The molecule has 0 bridgehead atoms. The quantitative estimate of drug-likeness (QED) is 0.725. The van der Waals surface area contributed by atoms with Gasteiger partial charge in [0.25, 0.3) is 5.56 Å². The van der Waals surface area contributed by atoms with E-state index in [0.29, 0.717) is 11.2 Å². The highest BCUT2D eigenvalue weighted by Gasteiger charge is 2.30. The van der Waals surface area contributed by atoms with Crippen molar-refractivity contribution in [1.29, 1.82) is 0 Å². The number of hydrogen-bond acceptors (Lipinski definition) is 5. The van der Waals surface area contributed by atoms with Crippen molar-refractivity contribution in [3.05, 3.63) is 38.6 Å². The molecule has 0 aliphatic carbocycles. The van der Waals surface area contributed by atoms with Gasteiger partial charge in [-0.25, -0.2) is 4.98 Å². The Morgan fingerprint density at radius 2 is 2.12 bits per heavy atom. The molecular formula is C18H20N2O3S2. The second-order valence-corrected chi connectivity index (χ2v) is 8.68. The van der Waals surface area contributed by atoms with Crippen LogP contribution in [0.15, 0.2) is 22.3 Å². The molecular weight excluding hydrogens is 356 g/mol. The number of rotatable bonds is 5. The molecule has 0 aromatic carbocycles. The van der Waals surface area contributed by atoms with E-state index in [0.717, 1.165) is 26.6 Å². The van der Waals surface area contributed by atoms with Crippen molar-refractivity contribution in [2.45, 2.75) is 40.7 Å². The Labute approximate surface area is 153 Å². The third kappa shape index (κ3) is 3.02. The lowest BCUT2D eigenvalue weighted by atomic mass is 9.93. The number of carboxylic acid groups (broad SMARTS) is 1. The van der Waals surface area contributed by atoms with Crippen molar-refractivity contribution >= 4 is 38.9 Å². The number of fused-ring (bicyclic) bond motifs is 1. The van der Waals surface area contributed by atoms with Crippen LogP contribution in [-0.2, 0) is 17.8 Å². The van der Waals surface area contributed by atoms with Crippen molar-refractivity contribution in [2.75, 3.05) is 0 Å². The van der Waals surface area contributed by atoms with Gasteiger partial charge < -0.3 is 5.11 Å². The molecule has 0 saturated heterocycles. The van der Waals surface area contributed by atoms with E-state index in [2.05, 4.69) is 11.9 Å². The molecule has 3 aromatic rings. The van der Waals surface area contributed by atoms with Gasteiger partial charge in [0.2, 0.25) is 0 Å². The summed E-state index contributed by atoms with van der Waals surface area (Å²) in [5, 5.41) is 12.0. The lowest BCUT2D eigenvalue weighted by Gasteiger charge is -2.21. The van der Waals surface area contributed by atoms with Gasteiger partial charge in [-0.15, -0.1) is 22.7 Å². The molecule has 132 valence electrons. The third-order valence-corrected chi connectivity index (χ3v) is 6.41. The molecule has 1 N–H and O–H groups in total. The van der Waals surface area contributed by atoms with E-state index in [1.807, 2.05) is 17.5 Å². The monoisotopic (exact) mass is 376 g/mol. The van der Waals surface area contributed by atoms with Crippen LogP contribution in [0.4, 0.5) is 0 Å². The fraction of sp³-hybridized carbons (Fsp3) is 0.389. The maximum atomic E-state index is 13.2. The van der Waals surface area contributed by atoms with Crippen LogP contribution in [0.5, 0.6) is 0 Å². The summed E-state index contributed by atoms with van der Waals surface area (Å²) in [5.74, 6) is -0.384. The number of nitrogens with zero attached hydrogens (tertiary/aromatic N) is 2. The van der Waals surface area contributed by atoms with Crippen LogP contribution in [0.25, 0.3) is 20.7 Å². The molecule has 0 aliphatic heterocycles. The van der Waals surface area contributed by atoms with E-state index in [1.54, 1.807) is 43.4 Å². The predicted octanol–water partition coefficient (Wildman–Crippen LogP) is 4.17. The molecule has 0 saturated carbocycles. The van der Waals surface area contributed by atoms with E-state index in [4.69, 9.17) is 0 Å². The van der Waals surface area contributed by atoms with Gasteiger partial charge in [0.1, 0.15) is 10.7 Å². The van der Waals surface area contributed by atoms with E-state index in [-0.39, 0.29) is 12.1 Å². The molecule has 0 spiro atoms. The van der Waals surface area contributed by atoms with E-state index < -0.39 is 11.4 Å². The van der Waals surface area contributed by atoms with Gasteiger partial charge in [-0.3, -0.25) is 14.2 Å². The Hall–Kier alpha value is -1.99. The zero-order valence-corrected chi connectivity index (χ0v) is 16.3. The number of hydrogen-bond donors (Lipinski definition) is 1. The Bertz CT molecular complexity index is 998. The first-order valence-electron chi connectivity index (χ1n) is 8.06. The van der Waals surface area contributed by atoms with Gasteiger partial charge in [-0.05, 0) is 38.6 Å². The molecule has 0 atom stereocenters. The van der Waals surface area contributed by atoms with Crippen LogP contribution in [0.1, 0.15) is 31.5 Å². The van der Waals surface area contributed by atoms with E-state index >= 15 is 0 Å². The maximum absolute atomic E-state index is 13.2. The van der Waals surface area contributed by atoms with Crippen LogP contribution >= 0.6 is 22.7 Å². The predicted molar refractivity (Wildman–Crippen MR) is 103 cm³/mol. The summed E-state index contributed by atoms with van der Waals surface area (Å²) in [6.45, 7) is 7.17. The van der Waals surface area contributed by atoms with Gasteiger partial charge in [-0.2, -0.15) is 0 Å². The van der Waals surface area contributed by atoms with Crippen LogP contribution in [0, 0.1) is 12.3 Å². The summed E-state index contributed by atoms with van der Waals surface area (Å²) < 4.78 is 1.50. The molecule has 0 amide bonds. The zero-order valence-electron chi connectivity index (χ0n) is 14.6. The SMILES string of the molecule is CCc1sc2nc(C)n(CC(C)(C)C(=O)O)c(=O)c2c1-c1cccs1. The summed E-state index contributed by atoms with van der Waals surface area (Å²) >= 11 is 3.15. The highest BCUT2D eigenvalue weighted by atomic mass is 32.1. The largest absolute Gasteiger partial charge is 0.481 e. The Kier molecular flexibility index (Phi) is 4.55. The van der Waals surface area contributed by atoms with Crippen molar-refractivity contribution in [3.8, 4) is 10.4 Å². The lowest BCUT2D eigenvalue weighted by Crippen LogP contribution is -2.35. The molecule has 3 rings (SSSR count). The average Bonchev–Trinajstić information content (AvgIpc) is 3.17. The molecule has 5 nitrogen and oxygen atoms in total. The molecule has 7 heteroatoms. The third-order valence-electron chi connectivity index (χ3n) is 4.30. The standard InChI is InChI=1S/C18H20N2O3S2/c1-5-11-13(12-7-6-8-24-12)14-15(25-11)19-10(2)20(16(14)21)9-18(3,4)17(22)23/h6-8H,5,9H2,1-4H3,(H,22,23). The molecule has 3 aromatic heterocycles. The van der Waals surface area contributed by atoms with Crippen molar-refractivity contribution in [2.24, 2.45) is 5.41 Å². The van der Waals surface area contributed by atoms with Crippen LogP contribution < -0.4 is 5.56 Å². The number of carbonyl (C=O) groups is 1. The summed E-state index contributed by atoms with van der Waals surface area (Å²) in [7, 11) is 0. The van der Waals surface area contributed by atoms with E-state index in [1.165, 1.54) is 4.57 Å². The Morgan fingerprint density at radius 3 is 2.68 bits per heavy atom. The lowest BCUT2D eigenvalue weighted by molar-refractivity contribution is -0.147. The molecule has 0 aliphatic rings. The van der Waals surface area contributed by atoms with Gasteiger partial charge in [0.05, 0.1) is 10.8 Å². The van der Waals surface area contributed by atoms with Crippen LogP contribution in [-0.4, -0.2) is 20.6 Å². The number of aromatic nitrogens is 2. The fourth-order valence-corrected chi connectivity index (χ4v) is 4.84. The Balaban J connectivity index is 2.30. The Morgan fingerprint density at radius 1 is 1.40 bits per heavy atom. The first-order valence-corrected chi connectivity index (χ1v) is 9.76. The minimum Gasteiger partial charge on any atom is -0.481 e. The first kappa shape index (κ1) is 17.8. The van der Waals surface area contributed by atoms with Crippen LogP contribution in [0.3, 0.4) is 0 Å². The first-order chi connectivity index (χ1) is 11.8. The summed E-state index contributed by atoms with van der Waals surface area (Å²) in [4.78, 5) is 32.2. The van der Waals surface area contributed by atoms with Crippen molar-refractivity contribution in [3.63, 3.8) is 0 Å². The summed E-state index contributed by atoms with van der Waals surface area (Å²) in [6, 6.07) is 3.98. The van der Waals surface area contributed by atoms with Gasteiger partial charge >= 0.3 is 5.97 Å². The average molecular weight is 377 g/mol. The van der Waals surface area contributed by atoms with Crippen molar-refractivity contribution < 1.29 is 9.90 Å². The molecule has 3 heterocycles. The van der Waals surface area contributed by atoms with Crippen LogP contribution in [0.2, 0.25) is 0 Å². The number of aryl methyl sites for hydroxylation is 2. The normalized spacial score (nSPS) is 12.0. The highest BCUT2D eigenvalue weighted by molar-refractivity contribution is 7.20. The second kappa shape index (κ2) is 6.38. The highest BCUT2D eigenvalue weighted by Crippen LogP contribution is 2.39. The van der Waals surface area contributed by atoms with Gasteiger partial charge in [-0.1, -0.05) is 13.0 Å². The smallest absolute Gasteiger partial charge is 0.310 e. The van der Waals surface area contributed by atoms with Gasteiger partial charge in [0.15, 0.2) is 0 Å². The second-order valence-electron chi connectivity index (χ2n) is 6.65. The van der Waals surface area contributed by atoms with E-state index in [9.17, 15) is 14.7 Å². The molecule has 25 heavy (non-hydrogen) atoms. The van der Waals surface area contributed by atoms with Crippen molar-refractivity contribution in [1.82, 2.24) is 9.55 Å². The maximum Gasteiger partial charge on any atom is 0.310 e. The topological polar surface area (TPSA) is 72.2 Å². The zero-order chi connectivity index (χ0) is 18.4. The molecule has 0 unspecified atom stereocenters. The summed E-state index contributed by atoms with van der Waals surface area (Å²) in [6.07, 6.45) is 0.827. The number of carboxylic acids is 1. The number of aliphatic carboxylic acids is 1. The number of thiophene rings is 2. The minimum atomic E-state index is -1.04. The molecule has 0 radical (unpaired) electrons.